The standard InChI is InChI=1S/C13H16N2O/c1-11-5-2-3-6-12(11)15-13(9-14)7-4-8-16-10-13/h2-3,5-6,15H,4,7-8,10H2,1H3. The molecule has 0 amide bonds. The van der Waals surface area contributed by atoms with Gasteiger partial charge in [0.25, 0.3) is 0 Å². The molecule has 3 nitrogen and oxygen atoms in total. The summed E-state index contributed by atoms with van der Waals surface area (Å²) in [6.45, 7) is 3.27. The first-order valence-corrected chi connectivity index (χ1v) is 5.59. The van der Waals surface area contributed by atoms with Gasteiger partial charge in [0.05, 0.1) is 12.7 Å². The molecule has 1 aromatic carbocycles. The highest BCUT2D eigenvalue weighted by atomic mass is 16.5. The Balaban J connectivity index is 2.19. The summed E-state index contributed by atoms with van der Waals surface area (Å²) in [6, 6.07) is 10.4. The van der Waals surface area contributed by atoms with Crippen molar-refractivity contribution in [3.8, 4) is 6.07 Å². The summed E-state index contributed by atoms with van der Waals surface area (Å²) < 4.78 is 5.40. The first-order chi connectivity index (χ1) is 7.76. The Labute approximate surface area is 96.0 Å². The van der Waals surface area contributed by atoms with E-state index in [0.29, 0.717) is 6.61 Å². The molecule has 1 N–H and O–H groups in total. The zero-order valence-electron chi connectivity index (χ0n) is 9.49. The summed E-state index contributed by atoms with van der Waals surface area (Å²) in [5, 5.41) is 12.6. The van der Waals surface area contributed by atoms with Gasteiger partial charge in [0.2, 0.25) is 0 Å². The number of nitriles is 1. The molecule has 1 aliphatic heterocycles. The zero-order valence-corrected chi connectivity index (χ0v) is 9.49. The van der Waals surface area contributed by atoms with E-state index in [1.54, 1.807) is 0 Å². The van der Waals surface area contributed by atoms with E-state index in [1.165, 1.54) is 0 Å². The third-order valence-electron chi connectivity index (χ3n) is 2.97. The summed E-state index contributed by atoms with van der Waals surface area (Å²) in [7, 11) is 0. The first kappa shape index (κ1) is 11.0. The van der Waals surface area contributed by atoms with Crippen LogP contribution in [0.5, 0.6) is 0 Å². The Morgan fingerprint density at radius 3 is 2.88 bits per heavy atom. The molecular formula is C13H16N2O. The fourth-order valence-electron chi connectivity index (χ4n) is 1.98. The number of para-hydroxylation sites is 1. The maximum Gasteiger partial charge on any atom is 0.149 e. The van der Waals surface area contributed by atoms with E-state index in [0.717, 1.165) is 30.7 Å². The highest BCUT2D eigenvalue weighted by molar-refractivity contribution is 5.53. The van der Waals surface area contributed by atoms with Gasteiger partial charge < -0.3 is 10.1 Å². The zero-order chi connectivity index (χ0) is 11.4. The summed E-state index contributed by atoms with van der Waals surface area (Å²) in [5.74, 6) is 0. The molecule has 0 spiro atoms. The van der Waals surface area contributed by atoms with Crippen molar-refractivity contribution in [3.05, 3.63) is 29.8 Å². The number of rotatable bonds is 2. The van der Waals surface area contributed by atoms with E-state index in [1.807, 2.05) is 31.2 Å². The second-order valence-electron chi connectivity index (χ2n) is 4.29. The number of anilines is 1. The van der Waals surface area contributed by atoms with Crippen LogP contribution in [0.2, 0.25) is 0 Å². The van der Waals surface area contributed by atoms with E-state index in [-0.39, 0.29) is 0 Å². The lowest BCUT2D eigenvalue weighted by molar-refractivity contribution is 0.0666. The van der Waals surface area contributed by atoms with Crippen LogP contribution in [0.4, 0.5) is 5.69 Å². The minimum atomic E-state index is -0.551. The van der Waals surface area contributed by atoms with Gasteiger partial charge in [0.1, 0.15) is 5.54 Å². The predicted octanol–water partition coefficient (Wildman–Crippen LogP) is 2.48. The highest BCUT2D eigenvalue weighted by Gasteiger charge is 2.33. The van der Waals surface area contributed by atoms with Crippen molar-refractivity contribution in [3.63, 3.8) is 0 Å². The van der Waals surface area contributed by atoms with Gasteiger partial charge in [-0.1, -0.05) is 18.2 Å². The van der Waals surface area contributed by atoms with Crippen LogP contribution in [0.3, 0.4) is 0 Å². The SMILES string of the molecule is Cc1ccccc1NC1(C#N)CCCOC1. The molecule has 1 heterocycles. The number of hydrogen-bond acceptors (Lipinski definition) is 3. The molecule has 3 heteroatoms. The maximum atomic E-state index is 9.30. The van der Waals surface area contributed by atoms with Gasteiger partial charge in [-0.2, -0.15) is 5.26 Å². The lowest BCUT2D eigenvalue weighted by Gasteiger charge is -2.32. The van der Waals surface area contributed by atoms with Gasteiger partial charge in [0.15, 0.2) is 0 Å². The third-order valence-corrected chi connectivity index (χ3v) is 2.97. The van der Waals surface area contributed by atoms with Crippen LogP contribution in [0.25, 0.3) is 0 Å². The number of nitrogens with zero attached hydrogens (tertiary/aromatic N) is 1. The average Bonchev–Trinajstić information content (AvgIpc) is 2.33. The van der Waals surface area contributed by atoms with Crippen molar-refractivity contribution < 1.29 is 4.74 Å². The normalized spacial score (nSPS) is 24.8. The van der Waals surface area contributed by atoms with Gasteiger partial charge >= 0.3 is 0 Å². The Bertz CT molecular complexity index is 403. The number of hydrogen-bond donors (Lipinski definition) is 1. The molecule has 1 saturated heterocycles. The van der Waals surface area contributed by atoms with Crippen molar-refractivity contribution in [1.29, 1.82) is 5.26 Å². The van der Waals surface area contributed by atoms with Crippen LogP contribution in [0.15, 0.2) is 24.3 Å². The quantitative estimate of drug-likeness (QED) is 0.826. The Hall–Kier alpha value is -1.53. The molecular weight excluding hydrogens is 200 g/mol. The lowest BCUT2D eigenvalue weighted by atomic mass is 9.93. The van der Waals surface area contributed by atoms with Crippen molar-refractivity contribution in [2.24, 2.45) is 0 Å². The topological polar surface area (TPSA) is 45.0 Å². The molecule has 0 saturated carbocycles. The van der Waals surface area contributed by atoms with Crippen molar-refractivity contribution in [2.75, 3.05) is 18.5 Å². The van der Waals surface area contributed by atoms with Crippen LogP contribution >= 0.6 is 0 Å². The van der Waals surface area contributed by atoms with E-state index in [4.69, 9.17) is 4.74 Å². The number of aryl methyl sites for hydroxylation is 1. The van der Waals surface area contributed by atoms with E-state index >= 15 is 0 Å². The average molecular weight is 216 g/mol. The minimum Gasteiger partial charge on any atom is -0.378 e. The molecule has 0 radical (unpaired) electrons. The maximum absolute atomic E-state index is 9.30. The largest absolute Gasteiger partial charge is 0.378 e. The molecule has 1 unspecified atom stereocenters. The molecule has 84 valence electrons. The molecule has 1 fully saturated rings. The molecule has 1 aliphatic rings. The molecule has 16 heavy (non-hydrogen) atoms. The number of nitrogens with one attached hydrogen (secondary N) is 1. The highest BCUT2D eigenvalue weighted by Crippen LogP contribution is 2.25. The van der Waals surface area contributed by atoms with E-state index in [9.17, 15) is 5.26 Å². The van der Waals surface area contributed by atoms with Gasteiger partial charge in [-0.15, -0.1) is 0 Å². The Morgan fingerprint density at radius 2 is 2.25 bits per heavy atom. The van der Waals surface area contributed by atoms with Crippen LogP contribution in [-0.4, -0.2) is 18.8 Å². The molecule has 1 aromatic rings. The van der Waals surface area contributed by atoms with Gasteiger partial charge in [-0.05, 0) is 31.4 Å². The van der Waals surface area contributed by atoms with Crippen LogP contribution in [0.1, 0.15) is 18.4 Å². The Kier molecular flexibility index (Phi) is 3.12. The molecule has 1 atom stereocenters. The summed E-state index contributed by atoms with van der Waals surface area (Å²) in [4.78, 5) is 0. The Morgan fingerprint density at radius 1 is 1.44 bits per heavy atom. The molecule has 0 aromatic heterocycles. The van der Waals surface area contributed by atoms with Crippen LogP contribution in [0, 0.1) is 18.3 Å². The predicted molar refractivity (Wildman–Crippen MR) is 63.2 cm³/mol. The summed E-state index contributed by atoms with van der Waals surface area (Å²) in [6.07, 6.45) is 1.78. The number of benzene rings is 1. The van der Waals surface area contributed by atoms with Crippen LogP contribution in [-0.2, 0) is 4.74 Å². The van der Waals surface area contributed by atoms with Gasteiger partial charge in [0, 0.05) is 12.3 Å². The molecule has 0 bridgehead atoms. The van der Waals surface area contributed by atoms with Gasteiger partial charge in [-0.25, -0.2) is 0 Å². The smallest absolute Gasteiger partial charge is 0.149 e. The second-order valence-corrected chi connectivity index (χ2v) is 4.29. The third kappa shape index (κ3) is 2.17. The van der Waals surface area contributed by atoms with Crippen molar-refractivity contribution in [1.82, 2.24) is 0 Å². The van der Waals surface area contributed by atoms with Crippen molar-refractivity contribution in [2.45, 2.75) is 25.3 Å². The fourth-order valence-corrected chi connectivity index (χ4v) is 1.98. The molecule has 2 rings (SSSR count). The summed E-state index contributed by atoms with van der Waals surface area (Å²) in [5.41, 5.74) is 1.63. The lowest BCUT2D eigenvalue weighted by Crippen LogP contribution is -2.44. The fraction of sp³-hybridized carbons (Fsp3) is 0.462. The first-order valence-electron chi connectivity index (χ1n) is 5.59. The van der Waals surface area contributed by atoms with Crippen LogP contribution < -0.4 is 5.32 Å². The van der Waals surface area contributed by atoms with E-state index < -0.39 is 5.54 Å². The van der Waals surface area contributed by atoms with E-state index in [2.05, 4.69) is 11.4 Å². The van der Waals surface area contributed by atoms with Crippen molar-refractivity contribution >= 4 is 5.69 Å². The van der Waals surface area contributed by atoms with Gasteiger partial charge in [-0.3, -0.25) is 0 Å². The monoisotopic (exact) mass is 216 g/mol. The minimum absolute atomic E-state index is 0.470. The molecule has 0 aliphatic carbocycles. The summed E-state index contributed by atoms with van der Waals surface area (Å²) >= 11 is 0. The number of ether oxygens (including phenoxy) is 1. The second kappa shape index (κ2) is 4.54.